The number of hydrogen-bond donors (Lipinski definition) is 0. The third-order valence-electron chi connectivity index (χ3n) is 4.38. The maximum Gasteiger partial charge on any atom is 0.341 e. The van der Waals surface area contributed by atoms with E-state index in [-0.39, 0.29) is 5.97 Å². The summed E-state index contributed by atoms with van der Waals surface area (Å²) in [5.74, 6) is 2.03. The van der Waals surface area contributed by atoms with Crippen LogP contribution in [-0.2, 0) is 11.8 Å². The average molecular weight is 345 g/mol. The van der Waals surface area contributed by atoms with Crippen molar-refractivity contribution in [3.63, 3.8) is 0 Å². The molecule has 134 valence electrons. The first-order chi connectivity index (χ1) is 12.0. The first kappa shape index (κ1) is 17.1. The number of ether oxygens (including phenoxy) is 1. The highest BCUT2D eigenvalue weighted by Gasteiger charge is 2.23. The van der Waals surface area contributed by atoms with Gasteiger partial charge in [-0.2, -0.15) is 0 Å². The molecule has 1 aliphatic heterocycles. The molecule has 1 fully saturated rings. The van der Waals surface area contributed by atoms with Crippen LogP contribution in [0.5, 0.6) is 0 Å². The molecule has 0 aliphatic carbocycles. The monoisotopic (exact) mass is 345 g/mol. The van der Waals surface area contributed by atoms with E-state index in [9.17, 15) is 4.79 Å². The Morgan fingerprint density at radius 2 is 1.84 bits per heavy atom. The van der Waals surface area contributed by atoms with Crippen LogP contribution in [0.4, 0.5) is 11.9 Å². The fourth-order valence-electron chi connectivity index (χ4n) is 2.79. The Morgan fingerprint density at radius 3 is 2.40 bits per heavy atom. The van der Waals surface area contributed by atoms with Gasteiger partial charge in [-0.25, -0.2) is 14.8 Å². The first-order valence-electron chi connectivity index (χ1n) is 8.38. The number of carbonyl (C=O) groups excluding carboxylic acids is 1. The third kappa shape index (κ3) is 3.40. The molecule has 0 bridgehead atoms. The van der Waals surface area contributed by atoms with Crippen LogP contribution in [0.1, 0.15) is 28.8 Å². The van der Waals surface area contributed by atoms with Crippen LogP contribution in [0.25, 0.3) is 0 Å². The zero-order valence-electron chi connectivity index (χ0n) is 15.1. The van der Waals surface area contributed by atoms with Crippen molar-refractivity contribution in [2.24, 2.45) is 7.05 Å². The second-order valence-corrected chi connectivity index (χ2v) is 5.97. The largest absolute Gasteiger partial charge is 0.462 e. The van der Waals surface area contributed by atoms with Crippen molar-refractivity contribution in [2.75, 3.05) is 42.6 Å². The Labute approximate surface area is 146 Å². The number of aromatic nitrogens is 5. The molecule has 25 heavy (non-hydrogen) atoms. The number of anilines is 2. The number of esters is 1. The summed E-state index contributed by atoms with van der Waals surface area (Å²) >= 11 is 0. The van der Waals surface area contributed by atoms with E-state index in [1.54, 1.807) is 20.0 Å². The minimum atomic E-state index is -0.381. The topological polar surface area (TPSA) is 89.3 Å². The summed E-state index contributed by atoms with van der Waals surface area (Å²) in [4.78, 5) is 25.0. The lowest BCUT2D eigenvalue weighted by Crippen LogP contribution is -2.48. The molecule has 1 saturated heterocycles. The third-order valence-corrected chi connectivity index (χ3v) is 4.38. The lowest BCUT2D eigenvalue weighted by molar-refractivity contribution is 0.0524. The number of aryl methyl sites for hydroxylation is 2. The minimum Gasteiger partial charge on any atom is -0.462 e. The van der Waals surface area contributed by atoms with Crippen molar-refractivity contribution in [2.45, 2.75) is 20.8 Å². The van der Waals surface area contributed by atoms with Crippen molar-refractivity contribution in [1.29, 1.82) is 0 Å². The molecular weight excluding hydrogens is 322 g/mol. The van der Waals surface area contributed by atoms with Gasteiger partial charge in [0.25, 0.3) is 0 Å². The molecule has 0 aromatic carbocycles. The van der Waals surface area contributed by atoms with Crippen LogP contribution < -0.4 is 9.80 Å². The normalized spacial score (nSPS) is 14.7. The van der Waals surface area contributed by atoms with E-state index in [2.05, 4.69) is 30.0 Å². The van der Waals surface area contributed by atoms with E-state index in [1.165, 1.54) is 0 Å². The molecular formula is C16H23N7O2. The number of nitrogens with zero attached hydrogens (tertiary/aromatic N) is 7. The fraction of sp³-hybridized carbons (Fsp3) is 0.562. The molecule has 1 aliphatic rings. The van der Waals surface area contributed by atoms with Crippen LogP contribution in [0.15, 0.2) is 6.20 Å². The van der Waals surface area contributed by atoms with Gasteiger partial charge < -0.3 is 19.1 Å². The molecule has 9 heteroatoms. The van der Waals surface area contributed by atoms with E-state index < -0.39 is 0 Å². The molecule has 9 nitrogen and oxygen atoms in total. The summed E-state index contributed by atoms with van der Waals surface area (Å²) in [5, 5.41) is 8.35. The van der Waals surface area contributed by atoms with Gasteiger partial charge in [0.05, 0.1) is 17.9 Å². The molecule has 3 rings (SSSR count). The second kappa shape index (κ2) is 7.04. The zero-order valence-corrected chi connectivity index (χ0v) is 15.1. The van der Waals surface area contributed by atoms with Crippen LogP contribution in [0, 0.1) is 13.8 Å². The van der Waals surface area contributed by atoms with Gasteiger partial charge in [0.1, 0.15) is 5.82 Å². The predicted octanol–water partition coefficient (Wildman–Crippen LogP) is 0.725. The highest BCUT2D eigenvalue weighted by Crippen LogP contribution is 2.18. The highest BCUT2D eigenvalue weighted by atomic mass is 16.5. The molecule has 3 heterocycles. The Bertz CT molecular complexity index is 766. The maximum absolute atomic E-state index is 11.8. The van der Waals surface area contributed by atoms with Crippen molar-refractivity contribution in [3.8, 4) is 0 Å². The van der Waals surface area contributed by atoms with Gasteiger partial charge in [-0.05, 0) is 20.8 Å². The molecule has 0 radical (unpaired) electrons. The van der Waals surface area contributed by atoms with Crippen molar-refractivity contribution >= 4 is 17.9 Å². The number of hydrogen-bond acceptors (Lipinski definition) is 8. The summed E-state index contributed by atoms with van der Waals surface area (Å²) in [5.41, 5.74) is 1.05. The quantitative estimate of drug-likeness (QED) is 0.749. The molecule has 2 aromatic heterocycles. The summed E-state index contributed by atoms with van der Waals surface area (Å²) in [6.07, 6.45) is 1.55. The fourth-order valence-corrected chi connectivity index (χ4v) is 2.79. The molecule has 0 N–H and O–H groups in total. The van der Waals surface area contributed by atoms with E-state index in [1.807, 2.05) is 18.5 Å². The number of rotatable bonds is 4. The Kier molecular flexibility index (Phi) is 4.82. The smallest absolute Gasteiger partial charge is 0.341 e. The lowest BCUT2D eigenvalue weighted by Gasteiger charge is -2.35. The molecule has 2 aromatic rings. The number of carbonyl (C=O) groups is 1. The first-order valence-corrected chi connectivity index (χ1v) is 8.38. The van der Waals surface area contributed by atoms with Crippen molar-refractivity contribution in [1.82, 2.24) is 24.7 Å². The molecule has 0 atom stereocenters. The highest BCUT2D eigenvalue weighted by molar-refractivity contribution is 5.90. The Hall–Kier alpha value is -2.71. The minimum absolute atomic E-state index is 0.337. The zero-order chi connectivity index (χ0) is 18.0. The van der Waals surface area contributed by atoms with Gasteiger partial charge in [-0.15, -0.1) is 10.2 Å². The van der Waals surface area contributed by atoms with Crippen LogP contribution in [-0.4, -0.2) is 63.5 Å². The summed E-state index contributed by atoms with van der Waals surface area (Å²) in [6.45, 7) is 9.05. The van der Waals surface area contributed by atoms with E-state index >= 15 is 0 Å². The van der Waals surface area contributed by atoms with Crippen molar-refractivity contribution < 1.29 is 9.53 Å². The standard InChI is InChI=1S/C16H23N7O2/c1-5-25-14(24)13-10-17-15(18-11(13)2)22-6-8-23(9-7-22)16-20-19-12(3)21(16)4/h10H,5-9H2,1-4H3. The van der Waals surface area contributed by atoms with Gasteiger partial charge >= 0.3 is 5.97 Å². The summed E-state index contributed by atoms with van der Waals surface area (Å²) < 4.78 is 7.01. The molecule has 0 amide bonds. The maximum atomic E-state index is 11.8. The van der Waals surface area contributed by atoms with Gasteiger partial charge in [-0.1, -0.05) is 0 Å². The van der Waals surface area contributed by atoms with E-state index in [0.29, 0.717) is 23.8 Å². The number of piperazine rings is 1. The molecule has 0 unspecified atom stereocenters. The summed E-state index contributed by atoms with van der Waals surface area (Å²) in [7, 11) is 1.97. The molecule has 0 spiro atoms. The SMILES string of the molecule is CCOC(=O)c1cnc(N2CCN(c3nnc(C)n3C)CC2)nc1C. The molecule has 0 saturated carbocycles. The van der Waals surface area contributed by atoms with E-state index in [0.717, 1.165) is 38.0 Å². The van der Waals surface area contributed by atoms with Gasteiger partial charge in [-0.3, -0.25) is 0 Å². The van der Waals surface area contributed by atoms with Gasteiger partial charge in [0.2, 0.25) is 11.9 Å². The van der Waals surface area contributed by atoms with Crippen LogP contribution in [0.3, 0.4) is 0 Å². The van der Waals surface area contributed by atoms with Gasteiger partial charge in [0.15, 0.2) is 0 Å². The average Bonchev–Trinajstić information content (AvgIpc) is 2.94. The van der Waals surface area contributed by atoms with Crippen molar-refractivity contribution in [3.05, 3.63) is 23.3 Å². The van der Waals surface area contributed by atoms with Crippen LogP contribution >= 0.6 is 0 Å². The Morgan fingerprint density at radius 1 is 1.16 bits per heavy atom. The second-order valence-electron chi connectivity index (χ2n) is 5.97. The van der Waals surface area contributed by atoms with Gasteiger partial charge in [0, 0.05) is 39.4 Å². The Balaban J connectivity index is 1.68. The summed E-state index contributed by atoms with van der Waals surface area (Å²) in [6, 6.07) is 0. The predicted molar refractivity (Wildman–Crippen MR) is 92.9 cm³/mol. The van der Waals surface area contributed by atoms with Crippen LogP contribution in [0.2, 0.25) is 0 Å². The lowest BCUT2D eigenvalue weighted by atomic mass is 10.2. The van der Waals surface area contributed by atoms with E-state index in [4.69, 9.17) is 4.74 Å².